The summed E-state index contributed by atoms with van der Waals surface area (Å²) in [4.78, 5) is 12.3. The van der Waals surface area contributed by atoms with Crippen LogP contribution in [0, 0.1) is 6.92 Å². The van der Waals surface area contributed by atoms with E-state index in [-0.39, 0.29) is 10.8 Å². The highest BCUT2D eigenvalue weighted by atomic mass is 32.2. The van der Waals surface area contributed by atoms with Crippen LogP contribution in [0.1, 0.15) is 24.5 Å². The molecule has 0 aliphatic rings. The number of benzene rings is 2. The van der Waals surface area contributed by atoms with Crippen molar-refractivity contribution in [3.63, 3.8) is 0 Å². The fourth-order valence-corrected chi connectivity index (χ4v) is 3.33. The average molecular weight is 346 g/mol. The Morgan fingerprint density at radius 3 is 2.33 bits per heavy atom. The number of carbonyl (C=O) groups excluding carboxylic acids is 1. The lowest BCUT2D eigenvalue weighted by molar-refractivity contribution is -0.116. The Hall–Kier alpha value is -2.18. The zero-order valence-corrected chi connectivity index (χ0v) is 14.7. The topological polar surface area (TPSA) is 75.3 Å². The van der Waals surface area contributed by atoms with Gasteiger partial charge in [-0.25, -0.2) is 13.1 Å². The molecular formula is C18H22N2O3S. The van der Waals surface area contributed by atoms with Crippen molar-refractivity contribution in [2.45, 2.75) is 31.6 Å². The van der Waals surface area contributed by atoms with E-state index in [1.165, 1.54) is 0 Å². The van der Waals surface area contributed by atoms with Gasteiger partial charge in [0.1, 0.15) is 0 Å². The predicted molar refractivity (Wildman–Crippen MR) is 95.4 cm³/mol. The first-order valence-electron chi connectivity index (χ1n) is 7.86. The zero-order chi connectivity index (χ0) is 17.6. The lowest BCUT2D eigenvalue weighted by Gasteiger charge is -2.08. The number of rotatable bonds is 7. The third kappa shape index (κ3) is 4.91. The second-order valence-corrected chi connectivity index (χ2v) is 7.28. The van der Waals surface area contributed by atoms with E-state index in [0.717, 1.165) is 16.8 Å². The van der Waals surface area contributed by atoms with Crippen LogP contribution >= 0.6 is 0 Å². The van der Waals surface area contributed by atoms with Gasteiger partial charge < -0.3 is 5.32 Å². The molecule has 0 atom stereocenters. The number of carbonyl (C=O) groups is 1. The van der Waals surface area contributed by atoms with Crippen LogP contribution in [0.2, 0.25) is 0 Å². The molecule has 6 heteroatoms. The molecule has 0 saturated carbocycles. The van der Waals surface area contributed by atoms with E-state index in [1.54, 1.807) is 31.2 Å². The zero-order valence-electron chi connectivity index (χ0n) is 13.9. The monoisotopic (exact) mass is 346 g/mol. The first-order chi connectivity index (χ1) is 11.4. The standard InChI is InChI=1S/C18H22N2O3S/c1-3-19-24(22,23)16-11-8-15(9-12-16)10-13-18(21)20-17-7-5-4-6-14(17)2/h4-9,11-12,19H,3,10,13H2,1-2H3,(H,20,21). The van der Waals surface area contributed by atoms with Gasteiger partial charge in [0.25, 0.3) is 0 Å². The van der Waals surface area contributed by atoms with Gasteiger partial charge in [0.15, 0.2) is 0 Å². The van der Waals surface area contributed by atoms with Gasteiger partial charge in [-0.15, -0.1) is 0 Å². The van der Waals surface area contributed by atoms with Gasteiger partial charge in [0.2, 0.25) is 15.9 Å². The van der Waals surface area contributed by atoms with Gasteiger partial charge in [0, 0.05) is 18.7 Å². The minimum atomic E-state index is -3.43. The quantitative estimate of drug-likeness (QED) is 0.809. The van der Waals surface area contributed by atoms with Crippen molar-refractivity contribution >= 4 is 21.6 Å². The number of para-hydroxylation sites is 1. The lowest BCUT2D eigenvalue weighted by Crippen LogP contribution is -2.23. The van der Waals surface area contributed by atoms with E-state index >= 15 is 0 Å². The molecule has 24 heavy (non-hydrogen) atoms. The van der Waals surface area contributed by atoms with Gasteiger partial charge in [0.05, 0.1) is 4.90 Å². The summed E-state index contributed by atoms with van der Waals surface area (Å²) in [5.41, 5.74) is 2.75. The van der Waals surface area contributed by atoms with Crippen LogP contribution in [0.5, 0.6) is 0 Å². The summed E-state index contributed by atoms with van der Waals surface area (Å²) in [6.07, 6.45) is 0.896. The molecule has 0 radical (unpaired) electrons. The third-order valence-electron chi connectivity index (χ3n) is 3.63. The van der Waals surface area contributed by atoms with Crippen LogP contribution in [0.15, 0.2) is 53.4 Å². The highest BCUT2D eigenvalue weighted by Crippen LogP contribution is 2.15. The fourth-order valence-electron chi connectivity index (χ4n) is 2.29. The first-order valence-corrected chi connectivity index (χ1v) is 9.35. The second kappa shape index (κ2) is 8.08. The van der Waals surface area contributed by atoms with Gasteiger partial charge in [-0.05, 0) is 42.7 Å². The van der Waals surface area contributed by atoms with Crippen LogP contribution in [0.3, 0.4) is 0 Å². The fraction of sp³-hybridized carbons (Fsp3) is 0.278. The summed E-state index contributed by atoms with van der Waals surface area (Å²) >= 11 is 0. The first kappa shape index (κ1) is 18.2. The molecule has 5 nitrogen and oxygen atoms in total. The maximum atomic E-state index is 12.0. The Morgan fingerprint density at radius 2 is 1.71 bits per heavy atom. The third-order valence-corrected chi connectivity index (χ3v) is 5.19. The highest BCUT2D eigenvalue weighted by Gasteiger charge is 2.12. The van der Waals surface area contributed by atoms with Crippen LogP contribution in [0.4, 0.5) is 5.69 Å². The van der Waals surface area contributed by atoms with Crippen LogP contribution in [0.25, 0.3) is 0 Å². The molecule has 2 aromatic carbocycles. The Bertz CT molecular complexity index is 799. The summed E-state index contributed by atoms with van der Waals surface area (Å²) in [7, 11) is -3.43. The molecular weight excluding hydrogens is 324 g/mol. The molecule has 0 fully saturated rings. The molecule has 0 unspecified atom stereocenters. The molecule has 0 spiro atoms. The number of anilines is 1. The van der Waals surface area contributed by atoms with Crippen LogP contribution in [-0.4, -0.2) is 20.9 Å². The minimum absolute atomic E-state index is 0.0614. The van der Waals surface area contributed by atoms with Crippen LogP contribution in [-0.2, 0) is 21.2 Å². The lowest BCUT2D eigenvalue weighted by atomic mass is 10.1. The Labute approximate surface area is 143 Å². The normalized spacial score (nSPS) is 11.2. The largest absolute Gasteiger partial charge is 0.326 e. The van der Waals surface area contributed by atoms with E-state index in [1.807, 2.05) is 31.2 Å². The van der Waals surface area contributed by atoms with Gasteiger partial charge in [-0.2, -0.15) is 0 Å². The van der Waals surface area contributed by atoms with Gasteiger partial charge >= 0.3 is 0 Å². The van der Waals surface area contributed by atoms with E-state index in [2.05, 4.69) is 10.0 Å². The molecule has 0 heterocycles. The van der Waals surface area contributed by atoms with Crippen molar-refractivity contribution < 1.29 is 13.2 Å². The highest BCUT2D eigenvalue weighted by molar-refractivity contribution is 7.89. The molecule has 0 saturated heterocycles. The summed E-state index contributed by atoms with van der Waals surface area (Å²) < 4.78 is 26.2. The van der Waals surface area contributed by atoms with E-state index in [0.29, 0.717) is 19.4 Å². The SMILES string of the molecule is CCNS(=O)(=O)c1ccc(CCC(=O)Nc2ccccc2C)cc1. The van der Waals surface area contributed by atoms with Crippen molar-refractivity contribution in [2.24, 2.45) is 0 Å². The molecule has 0 aliphatic heterocycles. The number of aryl methyl sites for hydroxylation is 2. The second-order valence-electron chi connectivity index (χ2n) is 5.51. The van der Waals surface area contributed by atoms with Crippen molar-refractivity contribution in [1.29, 1.82) is 0 Å². The molecule has 0 aromatic heterocycles. The average Bonchev–Trinajstić information content (AvgIpc) is 2.55. The molecule has 128 valence electrons. The molecule has 0 aliphatic carbocycles. The summed E-state index contributed by atoms with van der Waals surface area (Å²) in [5.74, 6) is -0.0614. The number of hydrogen-bond donors (Lipinski definition) is 2. The number of nitrogens with one attached hydrogen (secondary N) is 2. The predicted octanol–water partition coefficient (Wildman–Crippen LogP) is 2.86. The number of hydrogen-bond acceptors (Lipinski definition) is 3. The molecule has 2 aromatic rings. The Kier molecular flexibility index (Phi) is 6.11. The van der Waals surface area contributed by atoms with E-state index < -0.39 is 10.0 Å². The smallest absolute Gasteiger partial charge is 0.240 e. The maximum absolute atomic E-state index is 12.0. The summed E-state index contributed by atoms with van der Waals surface area (Å²) in [5, 5.41) is 2.89. The molecule has 1 amide bonds. The molecule has 2 N–H and O–H groups in total. The Morgan fingerprint density at radius 1 is 1.04 bits per heavy atom. The van der Waals surface area contributed by atoms with Gasteiger partial charge in [-0.1, -0.05) is 37.3 Å². The van der Waals surface area contributed by atoms with Crippen molar-refractivity contribution in [2.75, 3.05) is 11.9 Å². The van der Waals surface area contributed by atoms with E-state index in [9.17, 15) is 13.2 Å². The van der Waals surface area contributed by atoms with Gasteiger partial charge in [-0.3, -0.25) is 4.79 Å². The van der Waals surface area contributed by atoms with Crippen molar-refractivity contribution in [1.82, 2.24) is 4.72 Å². The van der Waals surface area contributed by atoms with E-state index in [4.69, 9.17) is 0 Å². The number of amides is 1. The summed E-state index contributed by atoms with van der Waals surface area (Å²) in [6.45, 7) is 4.03. The summed E-state index contributed by atoms with van der Waals surface area (Å²) in [6, 6.07) is 14.2. The molecule has 2 rings (SSSR count). The maximum Gasteiger partial charge on any atom is 0.240 e. The minimum Gasteiger partial charge on any atom is -0.326 e. The number of sulfonamides is 1. The van der Waals surface area contributed by atoms with Crippen LogP contribution < -0.4 is 10.0 Å². The Balaban J connectivity index is 1.93. The van der Waals surface area contributed by atoms with Crippen molar-refractivity contribution in [3.8, 4) is 0 Å². The molecule has 0 bridgehead atoms. The van der Waals surface area contributed by atoms with Crippen molar-refractivity contribution in [3.05, 3.63) is 59.7 Å².